The highest BCUT2D eigenvalue weighted by Crippen LogP contribution is 2.09. The van der Waals surface area contributed by atoms with Crippen LogP contribution in [-0.4, -0.2) is 31.2 Å². The third-order valence-electron chi connectivity index (χ3n) is 2.53. The molecule has 1 amide bonds. The Morgan fingerprint density at radius 1 is 1.38 bits per heavy atom. The highest BCUT2D eigenvalue weighted by molar-refractivity contribution is 7.80. The van der Waals surface area contributed by atoms with Gasteiger partial charge in [-0.3, -0.25) is 15.4 Å². The van der Waals surface area contributed by atoms with Crippen LogP contribution in [0.3, 0.4) is 0 Å². The Labute approximate surface area is 131 Å². The van der Waals surface area contributed by atoms with E-state index < -0.39 is 0 Å². The van der Waals surface area contributed by atoms with Crippen LogP contribution in [0.15, 0.2) is 24.3 Å². The van der Waals surface area contributed by atoms with Crippen molar-refractivity contribution in [2.75, 3.05) is 5.32 Å². The number of tetrazole rings is 1. The number of benzene rings is 1. The van der Waals surface area contributed by atoms with E-state index in [2.05, 4.69) is 26.2 Å². The summed E-state index contributed by atoms with van der Waals surface area (Å²) in [5.74, 6) is 0.0527. The fraction of sp³-hybridized carbons (Fsp3) is 0.250. The lowest BCUT2D eigenvalue weighted by atomic mass is 10.2. The number of hydrogen-bond acceptors (Lipinski definition) is 5. The number of amides is 1. The molecule has 9 heteroatoms. The predicted molar refractivity (Wildman–Crippen MR) is 83.2 cm³/mol. The number of carbonyl (C=O) groups excluding carboxylic acids is 1. The number of aryl methyl sites for hydroxylation is 1. The van der Waals surface area contributed by atoms with E-state index in [-0.39, 0.29) is 11.0 Å². The minimum absolute atomic E-state index is 0.127. The van der Waals surface area contributed by atoms with Crippen molar-refractivity contribution < 1.29 is 4.79 Å². The molecule has 0 aliphatic carbocycles. The summed E-state index contributed by atoms with van der Waals surface area (Å²) in [6.07, 6.45) is 0.879. The summed E-state index contributed by atoms with van der Waals surface area (Å²) in [5.41, 5.74) is 0.455. The molecule has 2 aromatic rings. The molecule has 0 aliphatic rings. The SMILES string of the molecule is CCCn1nnnc1NC(=S)NC(=O)c1ccc(Cl)cc1. The van der Waals surface area contributed by atoms with Gasteiger partial charge < -0.3 is 0 Å². The van der Waals surface area contributed by atoms with Gasteiger partial charge in [-0.25, -0.2) is 4.68 Å². The number of halogens is 1. The standard InChI is InChI=1S/C12H13ClN6OS/c1-2-7-19-11(16-17-18-19)15-12(21)14-10(20)8-3-5-9(13)6-4-8/h3-6H,2,7H2,1H3,(H2,14,15,16,18,20,21). The lowest BCUT2D eigenvalue weighted by Gasteiger charge is -2.09. The molecule has 1 aromatic heterocycles. The lowest BCUT2D eigenvalue weighted by molar-refractivity contribution is 0.0977. The third kappa shape index (κ3) is 4.20. The lowest BCUT2D eigenvalue weighted by Crippen LogP contribution is -2.35. The Balaban J connectivity index is 1.96. The highest BCUT2D eigenvalue weighted by atomic mass is 35.5. The van der Waals surface area contributed by atoms with E-state index in [4.69, 9.17) is 23.8 Å². The zero-order valence-electron chi connectivity index (χ0n) is 11.2. The van der Waals surface area contributed by atoms with Crippen LogP contribution < -0.4 is 10.6 Å². The van der Waals surface area contributed by atoms with E-state index in [1.807, 2.05) is 6.92 Å². The molecule has 0 bridgehead atoms. The van der Waals surface area contributed by atoms with Crippen LogP contribution in [0.1, 0.15) is 23.7 Å². The summed E-state index contributed by atoms with van der Waals surface area (Å²) in [5, 5.41) is 17.2. The van der Waals surface area contributed by atoms with Gasteiger partial charge in [0.1, 0.15) is 0 Å². The summed E-state index contributed by atoms with van der Waals surface area (Å²) in [7, 11) is 0. The van der Waals surface area contributed by atoms with Crippen molar-refractivity contribution in [2.45, 2.75) is 19.9 Å². The second kappa shape index (κ2) is 7.09. The molecule has 0 aliphatic heterocycles. The van der Waals surface area contributed by atoms with Gasteiger partial charge in [0.05, 0.1) is 0 Å². The summed E-state index contributed by atoms with van der Waals surface area (Å²) in [6, 6.07) is 6.49. The van der Waals surface area contributed by atoms with Gasteiger partial charge in [-0.15, -0.1) is 0 Å². The summed E-state index contributed by atoms with van der Waals surface area (Å²) < 4.78 is 1.57. The first-order valence-electron chi connectivity index (χ1n) is 6.24. The average Bonchev–Trinajstić information content (AvgIpc) is 2.87. The van der Waals surface area contributed by atoms with E-state index in [1.54, 1.807) is 28.9 Å². The average molecular weight is 325 g/mol. The van der Waals surface area contributed by atoms with Gasteiger partial charge in [-0.05, 0) is 53.3 Å². The highest BCUT2D eigenvalue weighted by Gasteiger charge is 2.11. The smallest absolute Gasteiger partial charge is 0.257 e. The van der Waals surface area contributed by atoms with Crippen LogP contribution in [0.5, 0.6) is 0 Å². The molecule has 0 spiro atoms. The zero-order valence-corrected chi connectivity index (χ0v) is 12.8. The first-order valence-corrected chi connectivity index (χ1v) is 7.03. The van der Waals surface area contributed by atoms with Gasteiger partial charge in [0.15, 0.2) is 5.11 Å². The topological polar surface area (TPSA) is 84.7 Å². The third-order valence-corrected chi connectivity index (χ3v) is 2.98. The molecule has 21 heavy (non-hydrogen) atoms. The maximum Gasteiger partial charge on any atom is 0.257 e. The molecule has 2 rings (SSSR count). The van der Waals surface area contributed by atoms with Gasteiger partial charge in [0.2, 0.25) is 5.95 Å². The monoisotopic (exact) mass is 324 g/mol. The normalized spacial score (nSPS) is 10.2. The van der Waals surface area contributed by atoms with E-state index in [9.17, 15) is 4.79 Å². The Hall–Kier alpha value is -2.06. The molecule has 0 unspecified atom stereocenters. The molecular weight excluding hydrogens is 312 g/mol. The maximum absolute atomic E-state index is 12.0. The quantitative estimate of drug-likeness (QED) is 0.835. The van der Waals surface area contributed by atoms with Crippen molar-refractivity contribution in [1.82, 2.24) is 25.5 Å². The predicted octanol–water partition coefficient (Wildman–Crippen LogP) is 1.86. The Bertz CT molecular complexity index is 641. The molecule has 0 saturated heterocycles. The van der Waals surface area contributed by atoms with Crippen LogP contribution in [0.4, 0.5) is 5.95 Å². The second-order valence-corrected chi connectivity index (χ2v) is 4.99. The fourth-order valence-electron chi connectivity index (χ4n) is 1.57. The maximum atomic E-state index is 12.0. The molecule has 110 valence electrons. The largest absolute Gasteiger partial charge is 0.300 e. The van der Waals surface area contributed by atoms with Gasteiger partial charge in [0, 0.05) is 17.1 Å². The number of nitrogens with one attached hydrogen (secondary N) is 2. The number of anilines is 1. The number of thiocarbonyl (C=S) groups is 1. The molecule has 2 N–H and O–H groups in total. The van der Waals surface area contributed by atoms with Crippen LogP contribution in [0.2, 0.25) is 5.02 Å². The minimum atomic E-state index is -0.335. The van der Waals surface area contributed by atoms with Crippen molar-refractivity contribution in [3.8, 4) is 0 Å². The van der Waals surface area contributed by atoms with Crippen molar-refractivity contribution >= 4 is 40.8 Å². The summed E-state index contributed by atoms with van der Waals surface area (Å²) in [6.45, 7) is 2.66. The molecule has 0 saturated carbocycles. The van der Waals surface area contributed by atoms with Gasteiger partial charge in [-0.2, -0.15) is 0 Å². The van der Waals surface area contributed by atoms with Crippen molar-refractivity contribution in [2.24, 2.45) is 0 Å². The number of rotatable bonds is 4. The Morgan fingerprint density at radius 2 is 2.10 bits per heavy atom. The van der Waals surface area contributed by atoms with Crippen molar-refractivity contribution in [3.63, 3.8) is 0 Å². The Kier molecular flexibility index (Phi) is 5.18. The van der Waals surface area contributed by atoms with Gasteiger partial charge in [0.25, 0.3) is 5.91 Å². The number of nitrogens with zero attached hydrogens (tertiary/aromatic N) is 4. The van der Waals surface area contributed by atoms with E-state index >= 15 is 0 Å². The van der Waals surface area contributed by atoms with E-state index in [1.165, 1.54) is 0 Å². The first kappa shape index (κ1) is 15.3. The molecule has 1 aromatic carbocycles. The summed E-state index contributed by atoms with van der Waals surface area (Å²) >= 11 is 10.8. The minimum Gasteiger partial charge on any atom is -0.300 e. The van der Waals surface area contributed by atoms with Crippen LogP contribution >= 0.6 is 23.8 Å². The van der Waals surface area contributed by atoms with Crippen molar-refractivity contribution in [3.05, 3.63) is 34.9 Å². The van der Waals surface area contributed by atoms with E-state index in [0.29, 0.717) is 23.1 Å². The van der Waals surface area contributed by atoms with Gasteiger partial charge in [-0.1, -0.05) is 23.6 Å². The van der Waals surface area contributed by atoms with Crippen molar-refractivity contribution in [1.29, 1.82) is 0 Å². The molecule has 0 fully saturated rings. The summed E-state index contributed by atoms with van der Waals surface area (Å²) in [4.78, 5) is 12.0. The zero-order chi connectivity index (χ0) is 15.2. The second-order valence-electron chi connectivity index (χ2n) is 4.14. The van der Waals surface area contributed by atoms with E-state index in [0.717, 1.165) is 6.42 Å². The molecule has 0 atom stereocenters. The number of carbonyl (C=O) groups is 1. The fourth-order valence-corrected chi connectivity index (χ4v) is 1.88. The molecular formula is C12H13ClN6OS. The number of hydrogen-bond donors (Lipinski definition) is 2. The first-order chi connectivity index (χ1) is 10.1. The van der Waals surface area contributed by atoms with Gasteiger partial charge >= 0.3 is 0 Å². The van der Waals surface area contributed by atoms with Crippen LogP contribution in [0, 0.1) is 0 Å². The Morgan fingerprint density at radius 3 is 2.76 bits per heavy atom. The molecule has 7 nitrogen and oxygen atoms in total. The number of aromatic nitrogens is 4. The van der Waals surface area contributed by atoms with Crippen LogP contribution in [0.25, 0.3) is 0 Å². The van der Waals surface area contributed by atoms with Crippen LogP contribution in [-0.2, 0) is 6.54 Å². The molecule has 0 radical (unpaired) electrons. The molecule has 1 heterocycles.